The first-order chi connectivity index (χ1) is 13.0. The summed E-state index contributed by atoms with van der Waals surface area (Å²) in [5.41, 5.74) is 0.456. The molecule has 0 saturated heterocycles. The molecule has 6 nitrogen and oxygen atoms in total. The number of hydrogen-bond acceptors (Lipinski definition) is 5. The fourth-order valence-electron chi connectivity index (χ4n) is 2.64. The van der Waals surface area contributed by atoms with Crippen molar-refractivity contribution in [2.75, 3.05) is 13.7 Å². The van der Waals surface area contributed by atoms with Gasteiger partial charge in [0.05, 0.1) is 18.3 Å². The normalized spacial score (nSPS) is 12.3. The van der Waals surface area contributed by atoms with Crippen LogP contribution in [0.15, 0.2) is 82.3 Å². The van der Waals surface area contributed by atoms with Gasteiger partial charge in [0.25, 0.3) is 5.91 Å². The predicted molar refractivity (Wildman–Crippen MR) is 100 cm³/mol. The highest BCUT2D eigenvalue weighted by molar-refractivity contribution is 7.91. The van der Waals surface area contributed by atoms with Gasteiger partial charge in [0.15, 0.2) is 9.84 Å². The maximum absolute atomic E-state index is 13.1. The van der Waals surface area contributed by atoms with E-state index in [-0.39, 0.29) is 23.1 Å². The molecule has 1 amide bonds. The zero-order chi connectivity index (χ0) is 19.3. The minimum atomic E-state index is -3.79. The monoisotopic (exact) mass is 385 g/mol. The van der Waals surface area contributed by atoms with E-state index in [9.17, 15) is 13.2 Å². The van der Waals surface area contributed by atoms with E-state index in [1.54, 1.807) is 54.6 Å². The molecule has 0 radical (unpaired) electrons. The fraction of sp³-hybridized carbons (Fsp3) is 0.150. The van der Waals surface area contributed by atoms with Gasteiger partial charge in [-0.15, -0.1) is 0 Å². The van der Waals surface area contributed by atoms with Crippen LogP contribution in [0.4, 0.5) is 0 Å². The molecule has 0 spiro atoms. The van der Waals surface area contributed by atoms with Gasteiger partial charge >= 0.3 is 0 Å². The zero-order valence-corrected chi connectivity index (χ0v) is 15.5. The number of furan rings is 1. The first-order valence-corrected chi connectivity index (χ1v) is 9.81. The van der Waals surface area contributed by atoms with Gasteiger partial charge in [-0.3, -0.25) is 4.79 Å². The lowest BCUT2D eigenvalue weighted by Gasteiger charge is -2.17. The Morgan fingerprint density at radius 2 is 1.74 bits per heavy atom. The minimum absolute atomic E-state index is 0.115. The molecule has 0 unspecified atom stereocenters. The van der Waals surface area contributed by atoms with Crippen molar-refractivity contribution in [1.29, 1.82) is 0 Å². The van der Waals surface area contributed by atoms with E-state index in [1.165, 1.54) is 25.5 Å². The Morgan fingerprint density at radius 1 is 1.04 bits per heavy atom. The van der Waals surface area contributed by atoms with E-state index in [0.717, 1.165) is 0 Å². The Hall–Kier alpha value is -3.06. The van der Waals surface area contributed by atoms with Gasteiger partial charge in [-0.05, 0) is 48.5 Å². The van der Waals surface area contributed by atoms with E-state index in [0.29, 0.717) is 11.3 Å². The van der Waals surface area contributed by atoms with Crippen molar-refractivity contribution in [3.63, 3.8) is 0 Å². The maximum Gasteiger partial charge on any atom is 0.251 e. The Labute approximate surface area is 157 Å². The molecule has 1 atom stereocenters. The number of nitrogens with one attached hydrogen (secondary N) is 1. The van der Waals surface area contributed by atoms with Crippen molar-refractivity contribution in [2.45, 2.75) is 10.1 Å². The van der Waals surface area contributed by atoms with Crippen LogP contribution in [-0.4, -0.2) is 28.0 Å². The summed E-state index contributed by atoms with van der Waals surface area (Å²) < 4.78 is 36.7. The molecule has 0 aliphatic rings. The summed E-state index contributed by atoms with van der Waals surface area (Å²) in [4.78, 5) is 12.4. The lowest BCUT2D eigenvalue weighted by atomic mass is 10.2. The summed E-state index contributed by atoms with van der Waals surface area (Å²) in [5, 5.41) is 1.64. The molecular weight excluding hydrogens is 366 g/mol. The first-order valence-electron chi connectivity index (χ1n) is 8.27. The molecule has 7 heteroatoms. The lowest BCUT2D eigenvalue weighted by Crippen LogP contribution is -2.31. The van der Waals surface area contributed by atoms with Crippen molar-refractivity contribution < 1.29 is 22.4 Å². The van der Waals surface area contributed by atoms with Crippen molar-refractivity contribution in [3.05, 3.63) is 84.3 Å². The fourth-order valence-corrected chi connectivity index (χ4v) is 4.23. The molecule has 3 rings (SSSR count). The first kappa shape index (κ1) is 18.7. The SMILES string of the molecule is COc1ccc(S(=O)(=O)[C@H](CNC(=O)c2ccccc2)c2ccco2)cc1. The number of ether oxygens (including phenoxy) is 1. The van der Waals surface area contributed by atoms with Gasteiger partial charge in [-0.1, -0.05) is 18.2 Å². The number of benzene rings is 2. The maximum atomic E-state index is 13.1. The number of amides is 1. The number of rotatable bonds is 7. The van der Waals surface area contributed by atoms with E-state index >= 15 is 0 Å². The van der Waals surface area contributed by atoms with Crippen molar-refractivity contribution >= 4 is 15.7 Å². The van der Waals surface area contributed by atoms with Crippen LogP contribution in [0.3, 0.4) is 0 Å². The molecule has 1 heterocycles. The van der Waals surface area contributed by atoms with Gasteiger partial charge in [-0.25, -0.2) is 8.42 Å². The van der Waals surface area contributed by atoms with E-state index < -0.39 is 15.1 Å². The Morgan fingerprint density at radius 3 is 2.33 bits per heavy atom. The third kappa shape index (κ3) is 4.20. The smallest absolute Gasteiger partial charge is 0.251 e. The van der Waals surface area contributed by atoms with Crippen LogP contribution in [-0.2, 0) is 9.84 Å². The van der Waals surface area contributed by atoms with E-state index in [2.05, 4.69) is 5.32 Å². The second-order valence-electron chi connectivity index (χ2n) is 5.80. The van der Waals surface area contributed by atoms with Gasteiger partial charge in [0.1, 0.15) is 16.8 Å². The van der Waals surface area contributed by atoms with E-state index in [4.69, 9.17) is 9.15 Å². The van der Waals surface area contributed by atoms with Crippen LogP contribution < -0.4 is 10.1 Å². The van der Waals surface area contributed by atoms with Gasteiger partial charge in [0.2, 0.25) is 0 Å². The molecule has 0 bridgehead atoms. The van der Waals surface area contributed by atoms with Crippen LogP contribution in [0.2, 0.25) is 0 Å². The number of methoxy groups -OCH3 is 1. The molecular formula is C20H19NO5S. The van der Waals surface area contributed by atoms with Crippen molar-refractivity contribution in [3.8, 4) is 5.75 Å². The molecule has 0 saturated carbocycles. The Balaban J connectivity index is 1.86. The van der Waals surface area contributed by atoms with Crippen LogP contribution in [0.5, 0.6) is 5.75 Å². The molecule has 140 valence electrons. The number of carbonyl (C=O) groups excluding carboxylic acids is 1. The molecule has 1 aromatic heterocycles. The average Bonchev–Trinajstić information content (AvgIpc) is 3.23. The lowest BCUT2D eigenvalue weighted by molar-refractivity contribution is 0.0953. The van der Waals surface area contributed by atoms with Crippen LogP contribution >= 0.6 is 0 Å². The Bertz CT molecular complexity index is 981. The second-order valence-corrected chi connectivity index (χ2v) is 7.93. The van der Waals surface area contributed by atoms with Crippen molar-refractivity contribution in [2.24, 2.45) is 0 Å². The average molecular weight is 385 g/mol. The Kier molecular flexibility index (Phi) is 5.61. The largest absolute Gasteiger partial charge is 0.497 e. The topological polar surface area (TPSA) is 85.6 Å². The van der Waals surface area contributed by atoms with E-state index in [1.807, 2.05) is 0 Å². The molecule has 2 aromatic carbocycles. The van der Waals surface area contributed by atoms with Crippen LogP contribution in [0.1, 0.15) is 21.4 Å². The highest BCUT2D eigenvalue weighted by atomic mass is 32.2. The summed E-state index contributed by atoms with van der Waals surface area (Å²) in [6.45, 7) is -0.115. The second kappa shape index (κ2) is 8.09. The number of hydrogen-bond donors (Lipinski definition) is 1. The molecule has 0 aliphatic carbocycles. The third-order valence-electron chi connectivity index (χ3n) is 4.11. The third-order valence-corrected chi connectivity index (χ3v) is 6.18. The van der Waals surface area contributed by atoms with Crippen LogP contribution in [0.25, 0.3) is 0 Å². The van der Waals surface area contributed by atoms with Crippen LogP contribution in [0, 0.1) is 0 Å². The number of carbonyl (C=O) groups is 1. The molecule has 0 fully saturated rings. The summed E-state index contributed by atoms with van der Waals surface area (Å²) in [5.74, 6) is 0.470. The summed E-state index contributed by atoms with van der Waals surface area (Å²) in [6, 6.07) is 17.9. The molecule has 27 heavy (non-hydrogen) atoms. The molecule has 3 aromatic rings. The minimum Gasteiger partial charge on any atom is -0.497 e. The zero-order valence-electron chi connectivity index (χ0n) is 14.7. The molecule has 1 N–H and O–H groups in total. The summed E-state index contributed by atoms with van der Waals surface area (Å²) in [7, 11) is -2.28. The summed E-state index contributed by atoms with van der Waals surface area (Å²) >= 11 is 0. The van der Waals surface area contributed by atoms with Crippen molar-refractivity contribution in [1.82, 2.24) is 5.32 Å². The highest BCUT2D eigenvalue weighted by Crippen LogP contribution is 2.30. The summed E-state index contributed by atoms with van der Waals surface area (Å²) in [6.07, 6.45) is 1.41. The standard InChI is InChI=1S/C20H19NO5S/c1-25-16-9-11-17(12-10-16)27(23,24)19(18-8-5-13-26-18)14-21-20(22)15-6-3-2-4-7-15/h2-13,19H,14H2,1H3,(H,21,22)/t19-/m1/s1. The van der Waals surface area contributed by atoms with Gasteiger partial charge in [0, 0.05) is 12.1 Å². The molecule has 0 aliphatic heterocycles. The quantitative estimate of drug-likeness (QED) is 0.675. The highest BCUT2D eigenvalue weighted by Gasteiger charge is 2.32. The predicted octanol–water partition coefficient (Wildman–Crippen LogP) is 3.23. The van der Waals surface area contributed by atoms with Gasteiger partial charge in [-0.2, -0.15) is 0 Å². The number of sulfone groups is 1. The van der Waals surface area contributed by atoms with Gasteiger partial charge < -0.3 is 14.5 Å².